The molecule has 0 amide bonds. The molecule has 1 spiro atoms. The first-order valence-electron chi connectivity index (χ1n) is 39.7. The molecule has 115 heavy (non-hydrogen) atoms. The lowest BCUT2D eigenvalue weighted by molar-refractivity contribution is 0.465. The number of fused-ring (bicyclic) bond motifs is 10. The van der Waals surface area contributed by atoms with Crippen LogP contribution in [0, 0.1) is 5.92 Å². The molecule has 0 aliphatic heterocycles. The Bertz CT molecular complexity index is 6800. The van der Waals surface area contributed by atoms with E-state index in [0.29, 0.717) is 23.4 Å². The number of aromatic nitrogens is 3. The first-order chi connectivity index (χ1) is 56.9. The van der Waals surface area contributed by atoms with Crippen LogP contribution in [-0.4, -0.2) is 15.0 Å². The van der Waals surface area contributed by atoms with Crippen LogP contribution in [0.5, 0.6) is 0 Å². The third-order valence-corrected chi connectivity index (χ3v) is 23.8. The van der Waals surface area contributed by atoms with E-state index in [1.54, 1.807) is 0 Å². The average molecular weight is 1460 g/mol. The van der Waals surface area contributed by atoms with E-state index in [1.165, 1.54) is 94.6 Å². The van der Waals surface area contributed by atoms with Gasteiger partial charge in [-0.15, -0.1) is 0 Å². The predicted octanol–water partition coefficient (Wildman–Crippen LogP) is 29.0. The summed E-state index contributed by atoms with van der Waals surface area (Å²) in [5.74, 6) is 2.37. The topological polar surface area (TPSA) is 38.7 Å². The highest BCUT2D eigenvalue weighted by Gasteiger charge is 2.57. The van der Waals surface area contributed by atoms with Gasteiger partial charge in [-0.1, -0.05) is 376 Å². The minimum absolute atomic E-state index is 0.275. The molecule has 0 fully saturated rings. The quantitative estimate of drug-likeness (QED) is 0.103. The molecule has 3 nitrogen and oxygen atoms in total. The molecule has 0 radical (unpaired) electrons. The summed E-state index contributed by atoms with van der Waals surface area (Å²) < 4.78 is 0. The fourth-order valence-corrected chi connectivity index (χ4v) is 18.2. The Morgan fingerprint density at radius 1 is 0.165 bits per heavy atom. The number of nitrogens with zero attached hydrogens (tertiary/aromatic N) is 3. The van der Waals surface area contributed by atoms with Gasteiger partial charge in [-0.25, -0.2) is 15.0 Å². The highest BCUT2D eigenvalue weighted by atomic mass is 15.0. The van der Waals surface area contributed by atoms with Gasteiger partial charge < -0.3 is 0 Å². The summed E-state index contributed by atoms with van der Waals surface area (Å²) in [6.07, 6.45) is 9.40. The van der Waals surface area contributed by atoms with E-state index in [-0.39, 0.29) is 11.3 Å². The van der Waals surface area contributed by atoms with E-state index < -0.39 is 0 Å². The lowest BCUT2D eigenvalue weighted by Gasteiger charge is -2.36. The van der Waals surface area contributed by atoms with E-state index in [1.807, 2.05) is 0 Å². The maximum absolute atomic E-state index is 5.32. The maximum Gasteiger partial charge on any atom is 0.164 e. The third kappa shape index (κ3) is 12.8. The molecule has 1 heterocycles. The summed E-state index contributed by atoms with van der Waals surface area (Å²) in [7, 11) is 0. The van der Waals surface area contributed by atoms with Crippen molar-refractivity contribution in [2.45, 2.75) is 11.3 Å². The first-order valence-corrected chi connectivity index (χ1v) is 39.7. The van der Waals surface area contributed by atoms with Crippen molar-refractivity contribution < 1.29 is 0 Å². The monoisotopic (exact) mass is 1460 g/mol. The molecule has 2 atom stereocenters. The fraction of sp³-hybridized carbons (Fsp3) is 0.0268. The molecule has 1 aromatic heterocycles. The van der Waals surface area contributed by atoms with Crippen LogP contribution in [0.4, 0.5) is 0 Å². The zero-order chi connectivity index (χ0) is 76.2. The van der Waals surface area contributed by atoms with Crippen molar-refractivity contribution >= 4 is 0 Å². The van der Waals surface area contributed by atoms with Gasteiger partial charge in [-0.05, 0) is 234 Å². The minimum Gasteiger partial charge on any atom is -0.208 e. The summed E-state index contributed by atoms with van der Waals surface area (Å²) in [5, 5.41) is 0. The summed E-state index contributed by atoms with van der Waals surface area (Å²) in [4.78, 5) is 15.9. The van der Waals surface area contributed by atoms with Gasteiger partial charge in [0.1, 0.15) is 0 Å². The molecule has 538 valence electrons. The van der Waals surface area contributed by atoms with Gasteiger partial charge >= 0.3 is 0 Å². The van der Waals surface area contributed by atoms with Crippen molar-refractivity contribution in [2.75, 3.05) is 0 Å². The Morgan fingerprint density at radius 3 is 0.722 bits per heavy atom. The molecule has 21 rings (SSSR count). The van der Waals surface area contributed by atoms with Gasteiger partial charge in [0.25, 0.3) is 0 Å². The van der Waals surface area contributed by atoms with Crippen molar-refractivity contribution in [2.24, 2.45) is 5.92 Å². The minimum atomic E-state index is -0.275. The smallest absolute Gasteiger partial charge is 0.164 e. The van der Waals surface area contributed by atoms with E-state index >= 15 is 0 Å². The van der Waals surface area contributed by atoms with Crippen molar-refractivity contribution in [1.29, 1.82) is 0 Å². The van der Waals surface area contributed by atoms with Crippen molar-refractivity contribution in [1.82, 2.24) is 15.0 Å². The summed E-state index contributed by atoms with van der Waals surface area (Å²) in [6, 6.07) is 153. The molecule has 0 N–H and O–H groups in total. The molecule has 17 aromatic carbocycles. The van der Waals surface area contributed by atoms with E-state index in [2.05, 4.69) is 443 Å². The highest BCUT2D eigenvalue weighted by molar-refractivity contribution is 5.89. The number of hydrogen-bond donors (Lipinski definition) is 0. The predicted molar refractivity (Wildman–Crippen MR) is 478 cm³/mol. The van der Waals surface area contributed by atoms with Gasteiger partial charge in [0.05, 0.1) is 5.41 Å². The first kappa shape index (κ1) is 68.3. The summed E-state index contributed by atoms with van der Waals surface area (Å²) in [6.45, 7) is 0. The molecule has 3 heteroatoms. The molecular weight excluding hydrogens is 1390 g/mol. The zero-order valence-corrected chi connectivity index (χ0v) is 63.1. The van der Waals surface area contributed by atoms with Gasteiger partial charge in [0.2, 0.25) is 0 Å². The molecule has 0 saturated carbocycles. The number of benzene rings is 17. The molecule has 0 bridgehead atoms. The Hall–Kier alpha value is -14.8. The number of hydrogen-bond acceptors (Lipinski definition) is 3. The second-order valence-corrected chi connectivity index (χ2v) is 30.5. The van der Waals surface area contributed by atoms with Gasteiger partial charge in [0, 0.05) is 28.5 Å². The molecule has 0 saturated heterocycles. The summed E-state index contributed by atoms with van der Waals surface area (Å²) in [5.41, 5.74) is 38.6. The van der Waals surface area contributed by atoms with E-state index in [9.17, 15) is 0 Å². The Labute approximate surface area is 671 Å². The van der Waals surface area contributed by atoms with Crippen LogP contribution in [0.3, 0.4) is 0 Å². The molecule has 3 aliphatic carbocycles. The standard InChI is InChI=1S/C112H75N3/c1-3-23-74(24-4-1)80-27-13-31-84(63-80)86-33-15-29-82(65-86)76-53-57-78(58-54-76)109-113-110(115-111(114-109)100-46-22-45-98(72-100)96-43-20-36-89(70-96)85-32-14-28-81(64-85)75-25-5-2-6-26-75)79-59-55-77(56-60-79)83-30-16-34-87(66-83)88-35-17-37-90(67-88)91-38-18-39-92(68-91)93-40-19-41-94(69-93)95-42-21-44-97(71-95)99-61-62-104-103-49-9-12-52-107(103)112(108(104)73-99)105-50-10-7-47-101(105)102-48-8-11-51-106(102)112/h1-73,103,107H. The van der Waals surface area contributed by atoms with E-state index in [0.717, 1.165) is 89.0 Å². The number of allylic oxidation sites excluding steroid dienone is 4. The molecular formula is C112H75N3. The Balaban J connectivity index is 0.559. The van der Waals surface area contributed by atoms with Crippen LogP contribution in [0.2, 0.25) is 0 Å². The normalized spacial score (nSPS) is 13.9. The fourth-order valence-electron chi connectivity index (χ4n) is 18.2. The van der Waals surface area contributed by atoms with E-state index in [4.69, 9.17) is 15.0 Å². The molecule has 18 aromatic rings. The SMILES string of the molecule is C1=CC2c3ccc(-c4cccc(-c5cccc(-c6cccc(-c7cccc(-c8cccc(-c9ccc(-c%10nc(-c%11ccc(-c%12cccc(-c%13cccc(-c%14ccccc%14)c%13)c%12)cc%11)nc(-c%11cccc(-c%12cccc(-c%13cccc(-c%14ccccc%14)c%13)c%12)c%11)n%10)cc9)c8)c7)c6)c5)c4)cc3C3(c4ccccc4-c4ccccc43)C2C=C1. The second kappa shape index (κ2) is 29.2. The van der Waals surface area contributed by atoms with Crippen LogP contribution >= 0.6 is 0 Å². The molecule has 3 aliphatic rings. The summed E-state index contributed by atoms with van der Waals surface area (Å²) >= 11 is 0. The largest absolute Gasteiger partial charge is 0.208 e. The van der Waals surface area contributed by atoms with Crippen LogP contribution < -0.4 is 0 Å². The Kier molecular flexibility index (Phi) is 17.3. The van der Waals surface area contributed by atoms with Crippen molar-refractivity contribution in [3.05, 3.63) is 465 Å². The average Bonchev–Trinajstić information content (AvgIpc) is 1.51. The Morgan fingerprint density at radius 2 is 0.391 bits per heavy atom. The van der Waals surface area contributed by atoms with Crippen LogP contribution in [0.1, 0.15) is 28.2 Å². The lowest BCUT2D eigenvalue weighted by atomic mass is 9.65. The van der Waals surface area contributed by atoms with Crippen LogP contribution in [-0.2, 0) is 5.41 Å². The molecule has 2 unspecified atom stereocenters. The second-order valence-electron chi connectivity index (χ2n) is 30.5. The van der Waals surface area contributed by atoms with Crippen molar-refractivity contribution in [3.8, 4) is 179 Å². The van der Waals surface area contributed by atoms with Gasteiger partial charge in [-0.3, -0.25) is 0 Å². The highest BCUT2D eigenvalue weighted by Crippen LogP contribution is 2.65. The maximum atomic E-state index is 5.32. The zero-order valence-electron chi connectivity index (χ0n) is 63.1. The van der Waals surface area contributed by atoms with Gasteiger partial charge in [-0.2, -0.15) is 0 Å². The third-order valence-electron chi connectivity index (χ3n) is 23.8. The van der Waals surface area contributed by atoms with Crippen LogP contribution in [0.15, 0.2) is 443 Å². The lowest BCUT2D eigenvalue weighted by Crippen LogP contribution is -2.32. The van der Waals surface area contributed by atoms with Gasteiger partial charge in [0.15, 0.2) is 17.5 Å². The van der Waals surface area contributed by atoms with Crippen LogP contribution in [0.25, 0.3) is 179 Å². The number of rotatable bonds is 15. The van der Waals surface area contributed by atoms with Crippen molar-refractivity contribution in [3.63, 3.8) is 0 Å².